The van der Waals surface area contributed by atoms with Crippen molar-refractivity contribution in [2.45, 2.75) is 38.2 Å². The van der Waals surface area contributed by atoms with Gasteiger partial charge in [0.25, 0.3) is 0 Å². The van der Waals surface area contributed by atoms with Crippen LogP contribution >= 0.6 is 0 Å². The number of esters is 1. The van der Waals surface area contributed by atoms with Gasteiger partial charge in [-0.25, -0.2) is 4.79 Å². The first-order valence-electron chi connectivity index (χ1n) is 9.64. The van der Waals surface area contributed by atoms with Crippen molar-refractivity contribution in [3.8, 4) is 0 Å². The number of ether oxygens (including phenoxy) is 3. The lowest BCUT2D eigenvalue weighted by Gasteiger charge is -2.37. The van der Waals surface area contributed by atoms with Crippen molar-refractivity contribution in [2.75, 3.05) is 13.9 Å². The van der Waals surface area contributed by atoms with E-state index in [0.717, 1.165) is 30.2 Å². The number of rotatable bonds is 7. The number of ketones is 1. The monoisotopic (exact) mass is 394 g/mol. The molecule has 0 aromatic heterocycles. The molecule has 5 heteroatoms. The minimum Gasteiger partial charge on any atom is -0.431 e. The fourth-order valence-electron chi connectivity index (χ4n) is 3.58. The molecule has 3 rings (SSSR count). The molecule has 2 aromatic rings. The minimum atomic E-state index is -0.501. The molecule has 5 nitrogen and oxygen atoms in total. The summed E-state index contributed by atoms with van der Waals surface area (Å²) in [7, 11) is 1.60. The summed E-state index contributed by atoms with van der Waals surface area (Å²) in [5.41, 5.74) is 3.13. The fourth-order valence-corrected chi connectivity index (χ4v) is 3.58. The third-order valence-corrected chi connectivity index (χ3v) is 5.24. The topological polar surface area (TPSA) is 61.8 Å². The number of hydrogen-bond acceptors (Lipinski definition) is 5. The minimum absolute atomic E-state index is 0.0375. The molecule has 0 amide bonds. The maximum Gasteiger partial charge on any atom is 0.342 e. The lowest BCUT2D eigenvalue weighted by Crippen LogP contribution is -2.28. The number of hydrogen-bond donors (Lipinski definition) is 0. The smallest absolute Gasteiger partial charge is 0.342 e. The summed E-state index contributed by atoms with van der Waals surface area (Å²) < 4.78 is 15.9. The second-order valence-corrected chi connectivity index (χ2v) is 7.72. The van der Waals surface area contributed by atoms with E-state index in [0.29, 0.717) is 11.1 Å². The van der Waals surface area contributed by atoms with Gasteiger partial charge in [0.15, 0.2) is 5.78 Å². The molecule has 0 spiro atoms. The molecule has 0 fully saturated rings. The van der Waals surface area contributed by atoms with Gasteiger partial charge >= 0.3 is 5.97 Å². The van der Waals surface area contributed by atoms with E-state index in [1.165, 1.54) is 6.08 Å². The van der Waals surface area contributed by atoms with Crippen molar-refractivity contribution < 1.29 is 23.8 Å². The molecule has 0 saturated heterocycles. The Morgan fingerprint density at radius 1 is 1.10 bits per heavy atom. The molecule has 0 saturated carbocycles. The Hall–Kier alpha value is -2.76. The van der Waals surface area contributed by atoms with Crippen LogP contribution in [-0.4, -0.2) is 25.7 Å². The van der Waals surface area contributed by atoms with E-state index in [1.54, 1.807) is 37.4 Å². The Kier molecular flexibility index (Phi) is 6.62. The van der Waals surface area contributed by atoms with Gasteiger partial charge in [0.1, 0.15) is 6.79 Å². The number of allylic oxidation sites excluding steroid dienone is 1. The summed E-state index contributed by atoms with van der Waals surface area (Å²) in [5, 5.41) is 0. The second-order valence-electron chi connectivity index (χ2n) is 7.72. The largest absolute Gasteiger partial charge is 0.431 e. The first-order chi connectivity index (χ1) is 13.9. The zero-order chi connectivity index (χ0) is 20.9. The van der Waals surface area contributed by atoms with Crippen LogP contribution in [0.3, 0.4) is 0 Å². The Morgan fingerprint density at radius 2 is 1.86 bits per heavy atom. The van der Waals surface area contributed by atoms with E-state index in [2.05, 4.69) is 13.8 Å². The van der Waals surface area contributed by atoms with Gasteiger partial charge in [-0.15, -0.1) is 0 Å². The summed E-state index contributed by atoms with van der Waals surface area (Å²) >= 11 is 0. The Morgan fingerprint density at radius 3 is 2.59 bits per heavy atom. The second kappa shape index (κ2) is 9.16. The number of fused-ring (bicyclic) bond motifs is 1. The summed E-state index contributed by atoms with van der Waals surface area (Å²) in [5.74, 6) is -0.719. The third-order valence-electron chi connectivity index (χ3n) is 5.24. The van der Waals surface area contributed by atoms with Crippen LogP contribution in [0, 0.1) is 0 Å². The van der Waals surface area contributed by atoms with E-state index in [9.17, 15) is 9.59 Å². The molecule has 29 heavy (non-hydrogen) atoms. The maximum absolute atomic E-state index is 12.6. The van der Waals surface area contributed by atoms with E-state index < -0.39 is 5.97 Å². The quantitative estimate of drug-likeness (QED) is 0.218. The molecular formula is C24H26O5. The lowest BCUT2D eigenvalue weighted by atomic mass is 9.71. The van der Waals surface area contributed by atoms with Crippen LogP contribution in [-0.2, 0) is 19.6 Å². The number of carbonyl (C=O) groups excluding carboxylic acids is 2. The first-order valence-corrected chi connectivity index (χ1v) is 9.64. The SMILES string of the molecule is COCOC1CCC(C)(C)c2cc(C(=O)C=COC(=O)c3ccccc3)ccc21. The fraction of sp³-hybridized carbons (Fsp3) is 0.333. The van der Waals surface area contributed by atoms with Crippen molar-refractivity contribution in [2.24, 2.45) is 0 Å². The van der Waals surface area contributed by atoms with Crippen LogP contribution < -0.4 is 0 Å². The summed E-state index contributed by atoms with van der Waals surface area (Å²) in [6, 6.07) is 14.3. The number of carbonyl (C=O) groups is 2. The van der Waals surface area contributed by atoms with Crippen molar-refractivity contribution in [1.29, 1.82) is 0 Å². The normalized spacial score (nSPS) is 17.7. The predicted octanol–water partition coefficient (Wildman–Crippen LogP) is 4.97. The van der Waals surface area contributed by atoms with Crippen LogP contribution in [0.25, 0.3) is 0 Å². The van der Waals surface area contributed by atoms with Gasteiger partial charge in [-0.05, 0) is 47.6 Å². The molecule has 1 atom stereocenters. The highest BCUT2D eigenvalue weighted by molar-refractivity contribution is 6.04. The Bertz CT molecular complexity index is 899. The number of benzene rings is 2. The zero-order valence-corrected chi connectivity index (χ0v) is 17.0. The Balaban J connectivity index is 1.74. The molecule has 0 radical (unpaired) electrons. The average Bonchev–Trinajstić information content (AvgIpc) is 2.73. The van der Waals surface area contributed by atoms with Gasteiger partial charge in [-0.2, -0.15) is 0 Å². The molecule has 1 unspecified atom stereocenters. The van der Waals surface area contributed by atoms with E-state index in [4.69, 9.17) is 14.2 Å². The molecule has 1 aliphatic rings. The molecule has 2 aromatic carbocycles. The van der Waals surface area contributed by atoms with E-state index >= 15 is 0 Å². The standard InChI is InChI=1S/C24H26O5/c1-24(2)13-11-22(29-16-27-3)19-10-9-18(15-20(19)24)21(25)12-14-28-23(26)17-7-5-4-6-8-17/h4-10,12,14-15,22H,11,13,16H2,1-3H3. The van der Waals surface area contributed by atoms with Crippen molar-refractivity contribution in [1.82, 2.24) is 0 Å². The van der Waals surface area contributed by atoms with Gasteiger partial charge in [0, 0.05) is 18.7 Å². The molecule has 0 heterocycles. The summed E-state index contributed by atoms with van der Waals surface area (Å²) in [4.78, 5) is 24.5. The van der Waals surface area contributed by atoms with E-state index in [1.807, 2.05) is 18.2 Å². The Labute approximate surface area is 171 Å². The van der Waals surface area contributed by atoms with Crippen molar-refractivity contribution in [3.63, 3.8) is 0 Å². The average molecular weight is 394 g/mol. The highest BCUT2D eigenvalue weighted by Crippen LogP contribution is 2.43. The van der Waals surface area contributed by atoms with Gasteiger partial charge in [0.05, 0.1) is 17.9 Å². The van der Waals surface area contributed by atoms with Gasteiger partial charge in [0.2, 0.25) is 0 Å². The highest BCUT2D eigenvalue weighted by Gasteiger charge is 2.33. The lowest BCUT2D eigenvalue weighted by molar-refractivity contribution is -0.0808. The summed E-state index contributed by atoms with van der Waals surface area (Å²) in [6.45, 7) is 4.58. The highest BCUT2D eigenvalue weighted by atomic mass is 16.7. The van der Waals surface area contributed by atoms with Crippen LogP contribution in [0.5, 0.6) is 0 Å². The molecule has 1 aliphatic carbocycles. The zero-order valence-electron chi connectivity index (χ0n) is 17.0. The molecule has 0 N–H and O–H groups in total. The predicted molar refractivity (Wildman–Crippen MR) is 110 cm³/mol. The summed E-state index contributed by atoms with van der Waals surface area (Å²) in [6.07, 6.45) is 4.25. The van der Waals surface area contributed by atoms with Crippen LogP contribution in [0.15, 0.2) is 60.9 Å². The van der Waals surface area contributed by atoms with Gasteiger partial charge < -0.3 is 14.2 Å². The van der Waals surface area contributed by atoms with Gasteiger partial charge in [-0.1, -0.05) is 44.2 Å². The maximum atomic E-state index is 12.6. The number of methoxy groups -OCH3 is 1. The third kappa shape index (κ3) is 5.00. The first kappa shape index (κ1) is 21.0. The molecule has 0 bridgehead atoms. The van der Waals surface area contributed by atoms with E-state index in [-0.39, 0.29) is 24.1 Å². The van der Waals surface area contributed by atoms with Crippen molar-refractivity contribution >= 4 is 11.8 Å². The van der Waals surface area contributed by atoms with Crippen LogP contribution in [0.2, 0.25) is 0 Å². The van der Waals surface area contributed by atoms with Crippen LogP contribution in [0.4, 0.5) is 0 Å². The molecular weight excluding hydrogens is 368 g/mol. The van der Waals surface area contributed by atoms with Crippen molar-refractivity contribution in [3.05, 3.63) is 83.1 Å². The van der Waals surface area contributed by atoms with Crippen LogP contribution in [0.1, 0.15) is 64.6 Å². The molecule has 0 aliphatic heterocycles. The van der Waals surface area contributed by atoms with Gasteiger partial charge in [-0.3, -0.25) is 4.79 Å². The molecule has 152 valence electrons.